The Morgan fingerprint density at radius 2 is 1.95 bits per heavy atom. The number of hydrogen-bond acceptors (Lipinski definition) is 3. The Morgan fingerprint density at radius 1 is 1.24 bits per heavy atom. The van der Waals surface area contributed by atoms with Crippen molar-refractivity contribution in [1.29, 1.82) is 0 Å². The molecule has 4 heteroatoms. The number of para-hydroxylation sites is 1. The first-order valence-electron chi connectivity index (χ1n) is 7.64. The van der Waals surface area contributed by atoms with Gasteiger partial charge < -0.3 is 10.1 Å². The van der Waals surface area contributed by atoms with Crippen molar-refractivity contribution in [2.75, 3.05) is 5.32 Å². The number of ether oxygens (including phenoxy) is 1. The number of anilines is 1. The molecule has 1 amide bonds. The van der Waals surface area contributed by atoms with Gasteiger partial charge in [0.25, 0.3) is 0 Å². The first-order chi connectivity index (χ1) is 10.1. The monoisotopic (exact) mass is 285 g/mol. The molecule has 1 aromatic rings. The fourth-order valence-electron chi connectivity index (χ4n) is 4.58. The first kappa shape index (κ1) is 12.9. The van der Waals surface area contributed by atoms with Crippen LogP contribution in [0.3, 0.4) is 0 Å². The standard InChI is InChI=1S/C17H19NO3/c1-8-4-3-5-9(2)15(8)18-16(19)13-10-6-11-12(7-10)21-17(20)14(11)13/h3-5,10-14H,6-7H2,1-2H3,(H,18,19)/t10-,11-,12-,13-,14-/m1/s1. The van der Waals surface area contributed by atoms with Crippen molar-refractivity contribution in [3.05, 3.63) is 29.3 Å². The van der Waals surface area contributed by atoms with E-state index in [0.29, 0.717) is 5.92 Å². The van der Waals surface area contributed by atoms with Crippen LogP contribution in [-0.2, 0) is 14.3 Å². The van der Waals surface area contributed by atoms with E-state index < -0.39 is 0 Å². The summed E-state index contributed by atoms with van der Waals surface area (Å²) in [6.45, 7) is 3.98. The maximum Gasteiger partial charge on any atom is 0.310 e. The summed E-state index contributed by atoms with van der Waals surface area (Å²) in [5.74, 6) is -0.0100. The van der Waals surface area contributed by atoms with Crippen LogP contribution in [0.15, 0.2) is 18.2 Å². The molecule has 2 saturated carbocycles. The van der Waals surface area contributed by atoms with Crippen molar-refractivity contribution in [3.8, 4) is 0 Å². The topological polar surface area (TPSA) is 55.4 Å². The third-order valence-corrected chi connectivity index (χ3v) is 5.52. The Labute approximate surface area is 123 Å². The van der Waals surface area contributed by atoms with Crippen LogP contribution in [0, 0.1) is 37.5 Å². The van der Waals surface area contributed by atoms with Gasteiger partial charge in [-0.2, -0.15) is 0 Å². The average molecular weight is 285 g/mol. The molecular weight excluding hydrogens is 266 g/mol. The minimum absolute atomic E-state index is 0.0119. The maximum absolute atomic E-state index is 12.7. The zero-order valence-electron chi connectivity index (χ0n) is 12.3. The van der Waals surface area contributed by atoms with Crippen molar-refractivity contribution in [2.24, 2.45) is 23.7 Å². The van der Waals surface area contributed by atoms with E-state index in [2.05, 4.69) is 5.32 Å². The van der Waals surface area contributed by atoms with Crippen LogP contribution in [-0.4, -0.2) is 18.0 Å². The molecule has 0 radical (unpaired) electrons. The van der Waals surface area contributed by atoms with Gasteiger partial charge in [-0.15, -0.1) is 0 Å². The Kier molecular flexibility index (Phi) is 2.65. The van der Waals surface area contributed by atoms with Gasteiger partial charge in [-0.25, -0.2) is 0 Å². The van der Waals surface area contributed by atoms with E-state index in [-0.39, 0.29) is 35.7 Å². The van der Waals surface area contributed by atoms with Crippen molar-refractivity contribution in [3.63, 3.8) is 0 Å². The van der Waals surface area contributed by atoms with E-state index in [1.165, 1.54) is 0 Å². The molecule has 1 saturated heterocycles. The highest BCUT2D eigenvalue weighted by Crippen LogP contribution is 2.57. The fraction of sp³-hybridized carbons (Fsp3) is 0.529. The van der Waals surface area contributed by atoms with Crippen LogP contribution in [0.2, 0.25) is 0 Å². The second-order valence-corrected chi connectivity index (χ2v) is 6.68. The third kappa shape index (κ3) is 1.74. The highest BCUT2D eigenvalue weighted by molar-refractivity contribution is 5.97. The van der Waals surface area contributed by atoms with E-state index in [4.69, 9.17) is 4.74 Å². The van der Waals surface area contributed by atoms with Crippen LogP contribution < -0.4 is 5.32 Å². The number of amides is 1. The second-order valence-electron chi connectivity index (χ2n) is 6.68. The molecule has 4 nitrogen and oxygen atoms in total. The molecule has 110 valence electrons. The number of hydrogen-bond donors (Lipinski definition) is 1. The summed E-state index contributed by atoms with van der Waals surface area (Å²) in [6, 6.07) is 5.96. The minimum atomic E-state index is -0.210. The maximum atomic E-state index is 12.7. The largest absolute Gasteiger partial charge is 0.462 e. The molecule has 21 heavy (non-hydrogen) atoms. The smallest absolute Gasteiger partial charge is 0.310 e. The summed E-state index contributed by atoms with van der Waals surface area (Å²) in [5.41, 5.74) is 2.99. The van der Waals surface area contributed by atoms with Gasteiger partial charge in [-0.1, -0.05) is 18.2 Å². The minimum Gasteiger partial charge on any atom is -0.462 e. The zero-order valence-corrected chi connectivity index (χ0v) is 12.3. The Hall–Kier alpha value is -1.84. The molecule has 1 N–H and O–H groups in total. The van der Waals surface area contributed by atoms with E-state index in [1.54, 1.807) is 0 Å². The predicted molar refractivity (Wildman–Crippen MR) is 77.6 cm³/mol. The number of carbonyl (C=O) groups excluding carboxylic acids is 2. The van der Waals surface area contributed by atoms with E-state index in [0.717, 1.165) is 29.7 Å². The molecule has 3 fully saturated rings. The van der Waals surface area contributed by atoms with Crippen molar-refractivity contribution < 1.29 is 14.3 Å². The molecular formula is C17H19NO3. The Morgan fingerprint density at radius 3 is 2.67 bits per heavy atom. The Balaban J connectivity index is 1.60. The van der Waals surface area contributed by atoms with Crippen LogP contribution >= 0.6 is 0 Å². The number of rotatable bonds is 2. The van der Waals surface area contributed by atoms with Crippen molar-refractivity contribution in [1.82, 2.24) is 0 Å². The van der Waals surface area contributed by atoms with Gasteiger partial charge >= 0.3 is 5.97 Å². The van der Waals surface area contributed by atoms with Gasteiger partial charge in [-0.05, 0) is 43.7 Å². The molecule has 3 aliphatic rings. The highest BCUT2D eigenvalue weighted by Gasteiger charge is 2.63. The molecule has 0 spiro atoms. The lowest BCUT2D eigenvalue weighted by atomic mass is 9.79. The van der Waals surface area contributed by atoms with Gasteiger partial charge in [-0.3, -0.25) is 9.59 Å². The quantitative estimate of drug-likeness (QED) is 0.849. The van der Waals surface area contributed by atoms with Crippen molar-refractivity contribution in [2.45, 2.75) is 32.8 Å². The zero-order chi connectivity index (χ0) is 14.7. The summed E-state index contributed by atoms with van der Waals surface area (Å²) in [6.07, 6.45) is 1.90. The lowest BCUT2D eigenvalue weighted by molar-refractivity contribution is -0.145. The highest BCUT2D eigenvalue weighted by atomic mass is 16.6. The molecule has 0 unspecified atom stereocenters. The average Bonchev–Trinajstić information content (AvgIpc) is 3.04. The van der Waals surface area contributed by atoms with Gasteiger partial charge in [0.2, 0.25) is 5.91 Å². The van der Waals surface area contributed by atoms with Crippen LogP contribution in [0.5, 0.6) is 0 Å². The molecule has 5 atom stereocenters. The summed E-state index contributed by atoms with van der Waals surface area (Å²) in [5, 5.41) is 3.06. The number of esters is 1. The fourth-order valence-corrected chi connectivity index (χ4v) is 4.58. The van der Waals surface area contributed by atoms with Crippen LogP contribution in [0.25, 0.3) is 0 Å². The van der Waals surface area contributed by atoms with Gasteiger partial charge in [0.1, 0.15) is 6.10 Å². The van der Waals surface area contributed by atoms with E-state index in [1.807, 2.05) is 32.0 Å². The molecule has 1 heterocycles. The molecule has 4 rings (SSSR count). The predicted octanol–water partition coefficient (Wildman–Crippen LogP) is 2.44. The normalized spacial score (nSPS) is 35.9. The molecule has 0 aromatic heterocycles. The summed E-state index contributed by atoms with van der Waals surface area (Å²) < 4.78 is 5.40. The first-order valence-corrected chi connectivity index (χ1v) is 7.64. The summed E-state index contributed by atoms with van der Waals surface area (Å²) >= 11 is 0. The van der Waals surface area contributed by atoms with Crippen LogP contribution in [0.1, 0.15) is 24.0 Å². The number of benzene rings is 1. The summed E-state index contributed by atoms with van der Waals surface area (Å²) in [4.78, 5) is 24.7. The number of aryl methyl sites for hydroxylation is 2. The van der Waals surface area contributed by atoms with Crippen LogP contribution in [0.4, 0.5) is 5.69 Å². The van der Waals surface area contributed by atoms with Crippen molar-refractivity contribution >= 4 is 17.6 Å². The summed E-state index contributed by atoms with van der Waals surface area (Å²) in [7, 11) is 0. The Bertz CT molecular complexity index is 617. The molecule has 2 bridgehead atoms. The molecule has 1 aromatic carbocycles. The lowest BCUT2D eigenvalue weighted by Gasteiger charge is -2.24. The molecule has 1 aliphatic heterocycles. The number of nitrogens with one attached hydrogen (secondary N) is 1. The van der Waals surface area contributed by atoms with E-state index in [9.17, 15) is 9.59 Å². The van der Waals surface area contributed by atoms with Gasteiger partial charge in [0.05, 0.1) is 11.8 Å². The lowest BCUT2D eigenvalue weighted by Crippen LogP contribution is -2.36. The second kappa shape index (κ2) is 4.33. The molecule has 2 aliphatic carbocycles. The number of fused-ring (bicyclic) bond motifs is 1. The van der Waals surface area contributed by atoms with Gasteiger partial charge in [0, 0.05) is 11.6 Å². The third-order valence-electron chi connectivity index (χ3n) is 5.52. The number of carbonyl (C=O) groups is 2. The van der Waals surface area contributed by atoms with Gasteiger partial charge in [0.15, 0.2) is 0 Å². The SMILES string of the molecule is Cc1cccc(C)c1NC(=O)[C@@H]1[C@@H]2C[C@H]3[C@H]1C(=O)O[C@@H]3C2. The van der Waals surface area contributed by atoms with E-state index >= 15 is 0 Å².